The molecule has 2 aromatic heterocycles. The summed E-state index contributed by atoms with van der Waals surface area (Å²) in [5, 5.41) is 6.87. The van der Waals surface area contributed by atoms with Crippen molar-refractivity contribution in [2.24, 2.45) is 13.0 Å². The quantitative estimate of drug-likeness (QED) is 0.582. The smallest absolute Gasteiger partial charge is 0.329 e. The third kappa shape index (κ3) is 5.02. The van der Waals surface area contributed by atoms with Crippen LogP contribution in [0.25, 0.3) is 11.1 Å². The summed E-state index contributed by atoms with van der Waals surface area (Å²) in [6, 6.07) is 10.2. The van der Waals surface area contributed by atoms with Crippen LogP contribution in [0.15, 0.2) is 55.0 Å². The van der Waals surface area contributed by atoms with Crippen LogP contribution in [0, 0.1) is 5.92 Å². The molecule has 30 heavy (non-hydrogen) atoms. The molecule has 0 bridgehead atoms. The molecule has 3 N–H and O–H groups in total. The number of aromatic nitrogens is 3. The van der Waals surface area contributed by atoms with Crippen molar-refractivity contribution >= 4 is 17.7 Å². The molecule has 0 spiro atoms. The molecule has 0 aliphatic rings. The zero-order valence-corrected chi connectivity index (χ0v) is 17.2. The molecular weight excluding hydrogens is 382 g/mol. The first-order valence-corrected chi connectivity index (χ1v) is 9.61. The molecule has 1 atom stereocenters. The van der Waals surface area contributed by atoms with Crippen molar-refractivity contribution in [3.05, 3.63) is 66.1 Å². The lowest BCUT2D eigenvalue weighted by atomic mass is 10.0. The summed E-state index contributed by atoms with van der Waals surface area (Å²) in [6.07, 6.45) is 5.07. The van der Waals surface area contributed by atoms with Gasteiger partial charge in [-0.05, 0) is 17.5 Å². The number of ether oxygens (including phenoxy) is 1. The first-order chi connectivity index (χ1) is 14.3. The highest BCUT2D eigenvalue weighted by Crippen LogP contribution is 2.22. The number of carbonyl (C=O) groups excluding carboxylic acids is 2. The molecule has 8 nitrogen and oxygen atoms in total. The van der Waals surface area contributed by atoms with Crippen LogP contribution in [-0.2, 0) is 23.2 Å². The summed E-state index contributed by atoms with van der Waals surface area (Å²) < 4.78 is 7.06. The number of amides is 1. The Morgan fingerprint density at radius 1 is 1.17 bits per heavy atom. The third-order valence-electron chi connectivity index (χ3n) is 4.63. The molecule has 0 aliphatic carbocycles. The van der Waals surface area contributed by atoms with E-state index >= 15 is 0 Å². The molecule has 0 fully saturated rings. The van der Waals surface area contributed by atoms with E-state index in [1.165, 1.54) is 0 Å². The van der Waals surface area contributed by atoms with Crippen LogP contribution in [0.5, 0.6) is 0 Å². The van der Waals surface area contributed by atoms with E-state index in [0.29, 0.717) is 5.56 Å². The number of aryl methyl sites for hydroxylation is 1. The van der Waals surface area contributed by atoms with Crippen LogP contribution in [0.3, 0.4) is 0 Å². The Morgan fingerprint density at radius 2 is 1.90 bits per heavy atom. The molecule has 0 radical (unpaired) electrons. The standard InChI is InChI=1S/C22H25N5O3/c1-14(2)19(22(29)30-13-15-7-5-4-6-8-15)26-21(28)18-9-16(10-24-20(18)23)17-11-25-27(3)12-17/h4-12,14,19H,13H2,1-3H3,(H2,23,24)(H,26,28). The van der Waals surface area contributed by atoms with Crippen LogP contribution in [-0.4, -0.2) is 32.7 Å². The fourth-order valence-corrected chi connectivity index (χ4v) is 2.92. The molecule has 8 heteroatoms. The third-order valence-corrected chi connectivity index (χ3v) is 4.63. The summed E-state index contributed by atoms with van der Waals surface area (Å²) in [7, 11) is 1.80. The van der Waals surface area contributed by atoms with Gasteiger partial charge < -0.3 is 15.8 Å². The molecule has 0 saturated carbocycles. The van der Waals surface area contributed by atoms with E-state index in [9.17, 15) is 9.59 Å². The number of hydrogen-bond donors (Lipinski definition) is 2. The van der Waals surface area contributed by atoms with E-state index in [0.717, 1.165) is 11.1 Å². The minimum absolute atomic E-state index is 0.0836. The lowest BCUT2D eigenvalue weighted by molar-refractivity contribution is -0.148. The number of nitrogens with two attached hydrogens (primary N) is 1. The summed E-state index contributed by atoms with van der Waals surface area (Å²) in [5.74, 6) is -1.08. The van der Waals surface area contributed by atoms with Crippen molar-refractivity contribution in [3.8, 4) is 11.1 Å². The summed E-state index contributed by atoms with van der Waals surface area (Å²) >= 11 is 0. The van der Waals surface area contributed by atoms with E-state index in [1.807, 2.05) is 50.4 Å². The maximum Gasteiger partial charge on any atom is 0.329 e. The molecule has 0 saturated heterocycles. The molecule has 3 aromatic rings. The topological polar surface area (TPSA) is 112 Å². The van der Waals surface area contributed by atoms with Gasteiger partial charge in [0, 0.05) is 30.6 Å². The van der Waals surface area contributed by atoms with E-state index in [4.69, 9.17) is 10.5 Å². The predicted octanol–water partition coefficient (Wildman–Crippen LogP) is 2.56. The normalized spacial score (nSPS) is 11.9. The van der Waals surface area contributed by atoms with Crippen LogP contribution < -0.4 is 11.1 Å². The maximum absolute atomic E-state index is 12.9. The van der Waals surface area contributed by atoms with Crippen molar-refractivity contribution in [2.45, 2.75) is 26.5 Å². The van der Waals surface area contributed by atoms with Crippen LogP contribution >= 0.6 is 0 Å². The fraction of sp³-hybridized carbons (Fsp3) is 0.273. The Balaban J connectivity index is 1.74. The van der Waals surface area contributed by atoms with E-state index in [2.05, 4.69) is 15.4 Å². The number of nitrogens with zero attached hydrogens (tertiary/aromatic N) is 3. The number of nitrogens with one attached hydrogen (secondary N) is 1. The molecule has 3 rings (SSSR count). The highest BCUT2D eigenvalue weighted by Gasteiger charge is 2.27. The second-order valence-electron chi connectivity index (χ2n) is 7.35. The first kappa shape index (κ1) is 21.0. The highest BCUT2D eigenvalue weighted by molar-refractivity contribution is 6.01. The molecule has 1 amide bonds. The number of anilines is 1. The Labute approximate surface area is 175 Å². The Bertz CT molecular complexity index is 1030. The number of rotatable bonds is 7. The molecule has 1 unspecified atom stereocenters. The number of pyridine rings is 1. The van der Waals surface area contributed by atoms with Gasteiger partial charge in [0.25, 0.3) is 5.91 Å². The average Bonchev–Trinajstić information content (AvgIpc) is 3.17. The van der Waals surface area contributed by atoms with Gasteiger partial charge in [0.15, 0.2) is 0 Å². The Morgan fingerprint density at radius 3 is 2.53 bits per heavy atom. The lowest BCUT2D eigenvalue weighted by Crippen LogP contribution is -2.45. The summed E-state index contributed by atoms with van der Waals surface area (Å²) in [4.78, 5) is 29.6. The minimum Gasteiger partial charge on any atom is -0.459 e. The van der Waals surface area contributed by atoms with E-state index in [-0.39, 0.29) is 23.9 Å². The van der Waals surface area contributed by atoms with Gasteiger partial charge in [0.2, 0.25) is 0 Å². The number of nitrogen functional groups attached to an aromatic ring is 1. The summed E-state index contributed by atoms with van der Waals surface area (Å²) in [6.45, 7) is 3.81. The minimum atomic E-state index is -0.817. The van der Waals surface area contributed by atoms with Crippen molar-refractivity contribution < 1.29 is 14.3 Å². The van der Waals surface area contributed by atoms with Gasteiger partial charge in [0.1, 0.15) is 18.5 Å². The van der Waals surface area contributed by atoms with E-state index < -0.39 is 17.9 Å². The second-order valence-corrected chi connectivity index (χ2v) is 7.35. The van der Waals surface area contributed by atoms with Crippen molar-refractivity contribution in [2.75, 3.05) is 5.73 Å². The van der Waals surface area contributed by atoms with Crippen LogP contribution in [0.4, 0.5) is 5.82 Å². The van der Waals surface area contributed by atoms with Gasteiger partial charge >= 0.3 is 5.97 Å². The maximum atomic E-state index is 12.9. The highest BCUT2D eigenvalue weighted by atomic mass is 16.5. The van der Waals surface area contributed by atoms with Gasteiger partial charge in [-0.3, -0.25) is 9.48 Å². The van der Waals surface area contributed by atoms with Gasteiger partial charge in [-0.15, -0.1) is 0 Å². The zero-order chi connectivity index (χ0) is 21.7. The number of hydrogen-bond acceptors (Lipinski definition) is 6. The van der Waals surface area contributed by atoms with Crippen molar-refractivity contribution in [3.63, 3.8) is 0 Å². The monoisotopic (exact) mass is 407 g/mol. The molecule has 0 aliphatic heterocycles. The molecular formula is C22H25N5O3. The zero-order valence-electron chi connectivity index (χ0n) is 17.2. The van der Waals surface area contributed by atoms with Crippen molar-refractivity contribution in [1.29, 1.82) is 0 Å². The number of esters is 1. The predicted molar refractivity (Wildman–Crippen MR) is 113 cm³/mol. The Hall–Kier alpha value is -3.68. The largest absolute Gasteiger partial charge is 0.459 e. The second kappa shape index (κ2) is 9.21. The lowest BCUT2D eigenvalue weighted by Gasteiger charge is -2.21. The summed E-state index contributed by atoms with van der Waals surface area (Å²) in [5.41, 5.74) is 8.50. The number of carbonyl (C=O) groups is 2. The molecule has 1 aromatic carbocycles. The SMILES string of the molecule is CC(C)C(NC(=O)c1cc(-c2cnn(C)c2)cnc1N)C(=O)OCc1ccccc1. The van der Waals surface area contributed by atoms with Gasteiger partial charge in [-0.25, -0.2) is 9.78 Å². The van der Waals surface area contributed by atoms with Crippen molar-refractivity contribution in [1.82, 2.24) is 20.1 Å². The number of benzene rings is 1. The van der Waals surface area contributed by atoms with Gasteiger partial charge in [-0.2, -0.15) is 5.10 Å². The van der Waals surface area contributed by atoms with Crippen LogP contribution in [0.2, 0.25) is 0 Å². The van der Waals surface area contributed by atoms with Gasteiger partial charge in [0.05, 0.1) is 11.8 Å². The van der Waals surface area contributed by atoms with Gasteiger partial charge in [-0.1, -0.05) is 44.2 Å². The average molecular weight is 407 g/mol. The molecule has 156 valence electrons. The van der Waals surface area contributed by atoms with E-state index in [1.54, 1.807) is 30.2 Å². The Kier molecular flexibility index (Phi) is 6.46. The van der Waals surface area contributed by atoms with Crippen LogP contribution in [0.1, 0.15) is 29.8 Å². The molecule has 2 heterocycles. The first-order valence-electron chi connectivity index (χ1n) is 9.61. The fourth-order valence-electron chi connectivity index (χ4n) is 2.92.